The number of piperidine rings is 1. The first-order valence-corrected chi connectivity index (χ1v) is 26.6. The highest BCUT2D eigenvalue weighted by molar-refractivity contribution is 6.31. The molecule has 0 radical (unpaired) electrons. The number of aliphatic hydroxyl groups is 1. The van der Waals surface area contributed by atoms with Gasteiger partial charge in [0.1, 0.15) is 31.7 Å². The van der Waals surface area contributed by atoms with Crippen LogP contribution in [0.2, 0.25) is 5.02 Å². The van der Waals surface area contributed by atoms with Crippen LogP contribution < -0.4 is 20.5 Å². The Morgan fingerprint density at radius 3 is 2.48 bits per heavy atom. The SMILES string of the molecule is CC[C@@]1(O)C(=O)OCc2c1cc1n(c2=O)Cc2cc3c(CN(C)C)c(OC(=O)N4C[C@H](C)N(CC5CCN(c6ccc(C(=O)NC7CCC(C=[N+](C)c8ccc(C#N)c(Cl)c8)CC7)nn6)CC5)C[C@H]4C)ccc3nc2-1. The Bertz CT molecular complexity index is 3190. The van der Waals surface area contributed by atoms with E-state index in [1.165, 1.54) is 0 Å². The van der Waals surface area contributed by atoms with Crippen molar-refractivity contribution in [1.82, 2.24) is 39.8 Å². The molecule has 2 N–H and O–H groups in total. The number of nitriles is 1. The minimum absolute atomic E-state index is 0.0618. The van der Waals surface area contributed by atoms with Crippen LogP contribution in [0.1, 0.15) is 104 Å². The smallest absolute Gasteiger partial charge is 0.415 e. The minimum Gasteiger partial charge on any atom is -0.458 e. The second-order valence-electron chi connectivity index (χ2n) is 21.4. The number of hydrogen-bond donors (Lipinski definition) is 2. The van der Waals surface area contributed by atoms with E-state index < -0.39 is 17.7 Å². The van der Waals surface area contributed by atoms with Gasteiger partial charge in [-0.3, -0.25) is 14.5 Å². The van der Waals surface area contributed by atoms with E-state index in [0.29, 0.717) is 63.9 Å². The lowest BCUT2D eigenvalue weighted by Gasteiger charge is -2.45. The predicted octanol–water partition coefficient (Wildman–Crippen LogP) is 6.60. The molecule has 2 amide bonds. The van der Waals surface area contributed by atoms with Crippen molar-refractivity contribution >= 4 is 58.2 Å². The first-order chi connectivity index (χ1) is 36.0. The lowest BCUT2D eigenvalue weighted by Crippen LogP contribution is -2.59. The summed E-state index contributed by atoms with van der Waals surface area (Å²) in [6.07, 6.45) is 7.45. The van der Waals surface area contributed by atoms with Gasteiger partial charge in [-0.1, -0.05) is 18.5 Å². The number of esters is 1. The molecule has 5 aliphatic rings. The number of pyridine rings is 2. The molecule has 4 aliphatic heterocycles. The maximum Gasteiger partial charge on any atom is 0.415 e. The van der Waals surface area contributed by atoms with Crippen LogP contribution in [0.5, 0.6) is 5.75 Å². The fourth-order valence-corrected chi connectivity index (χ4v) is 11.9. The molecule has 1 saturated carbocycles. The van der Waals surface area contributed by atoms with Crippen LogP contribution >= 0.6 is 11.6 Å². The molecule has 3 fully saturated rings. The highest BCUT2D eigenvalue weighted by Crippen LogP contribution is 2.40. The molecule has 2 aromatic carbocycles. The Balaban J connectivity index is 0.713. The van der Waals surface area contributed by atoms with Gasteiger partial charge in [-0.05, 0) is 121 Å². The molecule has 0 unspecified atom stereocenters. The highest BCUT2D eigenvalue weighted by Gasteiger charge is 2.45. The number of amides is 2. The summed E-state index contributed by atoms with van der Waals surface area (Å²) in [5.74, 6) is 1.10. The van der Waals surface area contributed by atoms with Gasteiger partial charge in [0.25, 0.3) is 11.5 Å². The minimum atomic E-state index is -1.91. The van der Waals surface area contributed by atoms with Crippen molar-refractivity contribution in [3.05, 3.63) is 103 Å². The third-order valence-corrected chi connectivity index (χ3v) is 16.4. The second kappa shape index (κ2) is 21.1. The number of fused-ring (bicyclic) bond motifs is 5. The molecule has 3 aromatic heterocycles. The zero-order valence-corrected chi connectivity index (χ0v) is 44.3. The van der Waals surface area contributed by atoms with Crippen LogP contribution in [0.15, 0.2) is 59.4 Å². The number of rotatable bonds is 11. The summed E-state index contributed by atoms with van der Waals surface area (Å²) < 4.78 is 15.2. The summed E-state index contributed by atoms with van der Waals surface area (Å²) in [4.78, 5) is 67.5. The lowest BCUT2D eigenvalue weighted by molar-refractivity contribution is -0.402. The van der Waals surface area contributed by atoms with Gasteiger partial charge in [0, 0.05) is 97.5 Å². The number of ether oxygens (including phenoxy) is 2. The number of benzene rings is 2. The number of nitrogens with one attached hydrogen (secondary N) is 1. The van der Waals surface area contributed by atoms with Gasteiger partial charge in [0.2, 0.25) is 5.69 Å². The van der Waals surface area contributed by atoms with E-state index in [2.05, 4.69) is 56.0 Å². The van der Waals surface area contributed by atoms with Gasteiger partial charge in [0.05, 0.1) is 39.6 Å². The van der Waals surface area contributed by atoms with E-state index in [9.17, 15) is 29.5 Å². The summed E-state index contributed by atoms with van der Waals surface area (Å²) >= 11 is 6.26. The normalized spacial score (nSPS) is 23.1. The molecular weight excluding hydrogens is 974 g/mol. The molecule has 5 aromatic rings. The number of aromatic nitrogens is 4. The van der Waals surface area contributed by atoms with Crippen LogP contribution in [0.25, 0.3) is 22.3 Å². The van der Waals surface area contributed by atoms with Gasteiger partial charge >= 0.3 is 12.1 Å². The molecular formula is C56H65ClN11O7+. The van der Waals surface area contributed by atoms with Crippen molar-refractivity contribution < 1.29 is 33.5 Å². The topological polar surface area (TPSA) is 202 Å². The molecule has 18 nitrogen and oxygen atoms in total. The van der Waals surface area contributed by atoms with Crippen LogP contribution in [-0.2, 0) is 34.8 Å². The Hall–Kier alpha value is -6.78. The zero-order chi connectivity index (χ0) is 52.9. The first-order valence-electron chi connectivity index (χ1n) is 26.2. The number of halogens is 1. The molecule has 10 rings (SSSR count). The highest BCUT2D eigenvalue weighted by atomic mass is 35.5. The summed E-state index contributed by atoms with van der Waals surface area (Å²) in [7, 11) is 5.90. The van der Waals surface area contributed by atoms with E-state index in [0.717, 1.165) is 92.7 Å². The first kappa shape index (κ1) is 51.7. The fourth-order valence-electron chi connectivity index (χ4n) is 11.7. The summed E-state index contributed by atoms with van der Waals surface area (Å²) in [6, 6.07) is 18.7. The largest absolute Gasteiger partial charge is 0.458 e. The standard InChI is InChI=1S/C56H64ClN11O7/c1-7-56(73)44-24-48-51-38(30-68(48)53(70)43(44)32-74-54(56)71)22-41-42(31-63(4)5)49(16-14-46(41)60-51)75-55(72)67-27-33(2)66(26-34(67)3)29-36-18-20-65(21-19-36)50-17-15-47(61-62-50)52(69)59-39-11-8-35(9-12-39)28-64(6)40-13-10-37(25-58)45(57)23-40/h10,13-17,22-24,28,33-36,39,73H,7-9,11-12,18-21,26-27,29-32H2,1-6H3/p+1/t33-,34+,35?,39?,56-/m0/s1. The number of hydrogen-bond acceptors (Lipinski definition) is 14. The van der Waals surface area contributed by atoms with Crippen LogP contribution in [0, 0.1) is 23.2 Å². The summed E-state index contributed by atoms with van der Waals surface area (Å²) in [5.41, 5.74) is 3.43. The number of carbonyl (C=O) groups excluding carboxylic acids is 3. The number of nitrogens with zero attached hydrogens (tertiary/aromatic N) is 10. The number of carbonyl (C=O) groups is 3. The van der Waals surface area contributed by atoms with Gasteiger partial charge in [-0.2, -0.15) is 5.26 Å². The van der Waals surface area contributed by atoms with Gasteiger partial charge in [-0.15, -0.1) is 10.2 Å². The van der Waals surface area contributed by atoms with E-state index in [1.54, 1.807) is 35.8 Å². The Labute approximate surface area is 441 Å². The molecule has 0 bridgehead atoms. The van der Waals surface area contributed by atoms with Crippen molar-refractivity contribution in [2.45, 2.75) is 109 Å². The van der Waals surface area contributed by atoms with Crippen molar-refractivity contribution in [1.29, 1.82) is 5.26 Å². The fraction of sp³-hybridized carbons (Fsp3) is 0.482. The molecule has 0 spiro atoms. The maximum atomic E-state index is 14.1. The number of cyclic esters (lactones) is 1. The number of anilines is 1. The summed E-state index contributed by atoms with van der Waals surface area (Å²) in [6.45, 7) is 10.3. The average Bonchev–Trinajstić information content (AvgIpc) is 3.78. The zero-order valence-electron chi connectivity index (χ0n) is 43.5. The molecule has 392 valence electrons. The monoisotopic (exact) mass is 1040 g/mol. The molecule has 2 saturated heterocycles. The van der Waals surface area contributed by atoms with Crippen molar-refractivity contribution in [2.75, 3.05) is 58.8 Å². The van der Waals surface area contributed by atoms with Crippen LogP contribution in [0.3, 0.4) is 0 Å². The van der Waals surface area contributed by atoms with Crippen molar-refractivity contribution in [3.63, 3.8) is 0 Å². The van der Waals surface area contributed by atoms with Crippen molar-refractivity contribution in [2.24, 2.45) is 11.8 Å². The van der Waals surface area contributed by atoms with Gasteiger partial charge in [-0.25, -0.2) is 19.1 Å². The second-order valence-corrected chi connectivity index (χ2v) is 21.9. The Kier molecular flexibility index (Phi) is 14.5. The van der Waals surface area contributed by atoms with E-state index >= 15 is 0 Å². The third kappa shape index (κ3) is 10.2. The van der Waals surface area contributed by atoms with Gasteiger partial charge in [0.15, 0.2) is 17.1 Å². The molecule has 7 heterocycles. The van der Waals surface area contributed by atoms with Crippen molar-refractivity contribution in [3.8, 4) is 23.2 Å². The molecule has 1 aliphatic carbocycles. The number of piperazine rings is 1. The van der Waals surface area contributed by atoms with E-state index in [1.807, 2.05) is 61.3 Å². The van der Waals surface area contributed by atoms with Crippen LogP contribution in [0.4, 0.5) is 16.3 Å². The Morgan fingerprint density at radius 2 is 1.79 bits per heavy atom. The quantitative estimate of drug-likeness (QED) is 0.0799. The molecule has 75 heavy (non-hydrogen) atoms. The third-order valence-electron chi connectivity index (χ3n) is 16.1. The van der Waals surface area contributed by atoms with E-state index in [-0.39, 0.29) is 60.3 Å². The van der Waals surface area contributed by atoms with E-state index in [4.69, 9.17) is 26.1 Å². The Morgan fingerprint density at radius 1 is 1.01 bits per heavy atom. The van der Waals surface area contributed by atoms with Gasteiger partial charge < -0.3 is 39.2 Å². The lowest BCUT2D eigenvalue weighted by atomic mass is 9.86. The summed E-state index contributed by atoms with van der Waals surface area (Å²) in [5, 5.41) is 33.8. The van der Waals surface area contributed by atoms with Crippen LogP contribution in [-0.4, -0.2) is 140 Å². The predicted molar refractivity (Wildman–Crippen MR) is 283 cm³/mol. The average molecular weight is 1040 g/mol. The molecule has 19 heteroatoms. The maximum absolute atomic E-state index is 14.1. The molecule has 3 atom stereocenters.